The lowest BCUT2D eigenvalue weighted by atomic mass is 9.88. The van der Waals surface area contributed by atoms with Gasteiger partial charge in [-0.05, 0) is 23.8 Å². The average molecular weight is 362 g/mol. The molecule has 2 N–H and O–H groups in total. The highest BCUT2D eigenvalue weighted by molar-refractivity contribution is 6.01. The van der Waals surface area contributed by atoms with Crippen molar-refractivity contribution in [3.63, 3.8) is 0 Å². The molecule has 5 rings (SSSR count). The molecule has 27 heavy (non-hydrogen) atoms. The molecule has 2 aliphatic heterocycles. The highest BCUT2D eigenvalue weighted by atomic mass is 16.3. The van der Waals surface area contributed by atoms with Gasteiger partial charge in [-0.25, -0.2) is 0 Å². The molecule has 0 saturated heterocycles. The molecule has 0 fully saturated rings. The molecule has 3 aromatic rings. The summed E-state index contributed by atoms with van der Waals surface area (Å²) in [5.41, 5.74) is 4.37. The lowest BCUT2D eigenvalue weighted by Crippen LogP contribution is -2.41. The van der Waals surface area contributed by atoms with Gasteiger partial charge in [0.25, 0.3) is 0 Å². The largest absolute Gasteiger partial charge is 0.463 e. The Morgan fingerprint density at radius 3 is 2.96 bits per heavy atom. The fourth-order valence-electron chi connectivity index (χ4n) is 3.95. The van der Waals surface area contributed by atoms with Crippen LogP contribution >= 0.6 is 0 Å². The normalized spacial score (nSPS) is 18.6. The van der Waals surface area contributed by atoms with Crippen molar-refractivity contribution < 1.29 is 14.0 Å². The van der Waals surface area contributed by atoms with E-state index in [2.05, 4.69) is 15.5 Å². The molecule has 0 bridgehead atoms. The fourth-order valence-corrected chi connectivity index (χ4v) is 3.95. The number of nitrogens with one attached hydrogen (secondary N) is 2. The second-order valence-electron chi connectivity index (χ2n) is 6.91. The van der Waals surface area contributed by atoms with E-state index in [1.54, 1.807) is 6.26 Å². The minimum Gasteiger partial charge on any atom is -0.463 e. The molecule has 1 unspecified atom stereocenters. The van der Waals surface area contributed by atoms with E-state index in [0.29, 0.717) is 25.3 Å². The van der Waals surface area contributed by atoms with Gasteiger partial charge >= 0.3 is 0 Å². The lowest BCUT2D eigenvalue weighted by Gasteiger charge is -2.33. The summed E-state index contributed by atoms with van der Waals surface area (Å²) in [6, 6.07) is 11.2. The number of hydrogen-bond donors (Lipinski definition) is 2. The number of aromatic nitrogens is 2. The van der Waals surface area contributed by atoms with Crippen LogP contribution in [0, 0.1) is 0 Å². The molecule has 0 spiro atoms. The fraction of sp³-hybridized carbons (Fsp3) is 0.250. The molecule has 2 amide bonds. The summed E-state index contributed by atoms with van der Waals surface area (Å²) in [5.74, 6) is 0.0959. The SMILES string of the molecule is O=C1CC(C(=O)N2CCc3[nH]nc(-c4ccco4)c3C2)c2ccccc2N1. The molecule has 2 aliphatic rings. The van der Waals surface area contributed by atoms with Crippen LogP contribution in [0.1, 0.15) is 29.2 Å². The molecule has 1 aromatic carbocycles. The van der Waals surface area contributed by atoms with Gasteiger partial charge in [0.05, 0.1) is 12.2 Å². The van der Waals surface area contributed by atoms with Crippen molar-refractivity contribution in [3.8, 4) is 11.5 Å². The van der Waals surface area contributed by atoms with Gasteiger partial charge in [0.1, 0.15) is 5.69 Å². The average Bonchev–Trinajstić information content (AvgIpc) is 3.35. The van der Waals surface area contributed by atoms with Gasteiger partial charge in [0, 0.05) is 42.9 Å². The molecule has 2 aromatic heterocycles. The van der Waals surface area contributed by atoms with Crippen molar-refractivity contribution in [1.29, 1.82) is 0 Å². The van der Waals surface area contributed by atoms with Crippen LogP contribution in [-0.4, -0.2) is 33.5 Å². The zero-order valence-electron chi connectivity index (χ0n) is 14.6. The Kier molecular flexibility index (Phi) is 3.60. The van der Waals surface area contributed by atoms with Crippen LogP contribution in [0.15, 0.2) is 47.1 Å². The summed E-state index contributed by atoms with van der Waals surface area (Å²) in [7, 11) is 0. The van der Waals surface area contributed by atoms with Crippen LogP contribution in [0.4, 0.5) is 5.69 Å². The van der Waals surface area contributed by atoms with Crippen LogP contribution in [0.5, 0.6) is 0 Å². The topological polar surface area (TPSA) is 91.2 Å². The lowest BCUT2D eigenvalue weighted by molar-refractivity contribution is -0.135. The van der Waals surface area contributed by atoms with Crippen molar-refractivity contribution in [1.82, 2.24) is 15.1 Å². The first-order chi connectivity index (χ1) is 13.2. The maximum atomic E-state index is 13.3. The van der Waals surface area contributed by atoms with E-state index in [1.807, 2.05) is 41.3 Å². The monoisotopic (exact) mass is 362 g/mol. The zero-order valence-corrected chi connectivity index (χ0v) is 14.6. The number of hydrogen-bond acceptors (Lipinski definition) is 4. The number of amides is 2. The molecular weight excluding hydrogens is 344 g/mol. The Bertz CT molecular complexity index is 1020. The van der Waals surface area contributed by atoms with Gasteiger partial charge in [0.2, 0.25) is 11.8 Å². The van der Waals surface area contributed by atoms with Gasteiger partial charge in [-0.3, -0.25) is 14.7 Å². The summed E-state index contributed by atoms with van der Waals surface area (Å²) >= 11 is 0. The minimum atomic E-state index is -0.449. The van der Waals surface area contributed by atoms with Crippen molar-refractivity contribution in [2.24, 2.45) is 0 Å². The third-order valence-electron chi connectivity index (χ3n) is 5.30. The first kappa shape index (κ1) is 15.9. The second-order valence-corrected chi connectivity index (χ2v) is 6.91. The Morgan fingerprint density at radius 2 is 2.11 bits per heavy atom. The van der Waals surface area contributed by atoms with Crippen molar-refractivity contribution in [2.75, 3.05) is 11.9 Å². The number of anilines is 1. The van der Waals surface area contributed by atoms with E-state index in [-0.39, 0.29) is 18.2 Å². The Labute approximate surface area is 155 Å². The summed E-state index contributed by atoms with van der Waals surface area (Å²) in [5, 5.41) is 10.3. The molecule has 136 valence electrons. The molecule has 0 saturated carbocycles. The van der Waals surface area contributed by atoms with E-state index in [9.17, 15) is 9.59 Å². The van der Waals surface area contributed by atoms with E-state index in [1.165, 1.54) is 0 Å². The van der Waals surface area contributed by atoms with Gasteiger partial charge in [-0.1, -0.05) is 18.2 Å². The summed E-state index contributed by atoms with van der Waals surface area (Å²) in [4.78, 5) is 27.2. The van der Waals surface area contributed by atoms with Gasteiger partial charge in [-0.15, -0.1) is 0 Å². The number of H-pyrrole nitrogens is 1. The first-order valence-corrected chi connectivity index (χ1v) is 8.98. The number of carbonyl (C=O) groups excluding carboxylic acids is 2. The number of para-hydroxylation sites is 1. The number of fused-ring (bicyclic) bond motifs is 2. The zero-order chi connectivity index (χ0) is 18.4. The van der Waals surface area contributed by atoms with E-state index in [4.69, 9.17) is 4.42 Å². The molecule has 4 heterocycles. The quantitative estimate of drug-likeness (QED) is 0.733. The third kappa shape index (κ3) is 2.63. The number of aromatic amines is 1. The molecule has 1 atom stereocenters. The number of furan rings is 1. The number of rotatable bonds is 2. The maximum Gasteiger partial charge on any atom is 0.231 e. The number of nitrogens with zero attached hydrogens (tertiary/aromatic N) is 2. The summed E-state index contributed by atoms with van der Waals surface area (Å²) in [6.07, 6.45) is 2.49. The van der Waals surface area contributed by atoms with Gasteiger partial charge in [-0.2, -0.15) is 5.10 Å². The van der Waals surface area contributed by atoms with Gasteiger partial charge in [0.15, 0.2) is 5.76 Å². The predicted octanol–water partition coefficient (Wildman–Crippen LogP) is 2.68. The first-order valence-electron chi connectivity index (χ1n) is 8.98. The maximum absolute atomic E-state index is 13.3. The van der Waals surface area contributed by atoms with Crippen LogP contribution in [0.2, 0.25) is 0 Å². The minimum absolute atomic E-state index is 0.0189. The molecule has 0 radical (unpaired) electrons. The van der Waals surface area contributed by atoms with Crippen molar-refractivity contribution >= 4 is 17.5 Å². The smallest absolute Gasteiger partial charge is 0.231 e. The highest BCUT2D eigenvalue weighted by Crippen LogP contribution is 2.35. The molecule has 7 nitrogen and oxygen atoms in total. The summed E-state index contributed by atoms with van der Waals surface area (Å²) < 4.78 is 5.48. The van der Waals surface area contributed by atoms with E-state index >= 15 is 0 Å². The Hall–Kier alpha value is -3.35. The number of benzene rings is 1. The van der Waals surface area contributed by atoms with Crippen LogP contribution in [0.25, 0.3) is 11.5 Å². The van der Waals surface area contributed by atoms with Crippen LogP contribution < -0.4 is 5.32 Å². The van der Waals surface area contributed by atoms with Crippen molar-refractivity contribution in [2.45, 2.75) is 25.3 Å². The third-order valence-corrected chi connectivity index (χ3v) is 5.30. The highest BCUT2D eigenvalue weighted by Gasteiger charge is 2.35. The molecular formula is C20H18N4O3. The second kappa shape index (κ2) is 6.12. The standard InChI is InChI=1S/C20H18N4O3/c25-18-10-13(12-4-1-2-5-15(12)21-18)20(26)24-8-7-16-14(11-24)19(23-22-16)17-6-3-9-27-17/h1-6,9,13H,7-8,10-11H2,(H,21,25)(H,22,23). The van der Waals surface area contributed by atoms with Crippen LogP contribution in [0.3, 0.4) is 0 Å². The Morgan fingerprint density at radius 1 is 1.22 bits per heavy atom. The summed E-state index contributed by atoms with van der Waals surface area (Å²) in [6.45, 7) is 1.06. The van der Waals surface area contributed by atoms with Crippen LogP contribution in [-0.2, 0) is 22.6 Å². The predicted molar refractivity (Wildman–Crippen MR) is 97.8 cm³/mol. The molecule has 0 aliphatic carbocycles. The van der Waals surface area contributed by atoms with E-state index < -0.39 is 5.92 Å². The van der Waals surface area contributed by atoms with Gasteiger partial charge < -0.3 is 14.6 Å². The number of carbonyl (C=O) groups is 2. The van der Waals surface area contributed by atoms with Crippen molar-refractivity contribution in [3.05, 3.63) is 59.5 Å². The molecule has 7 heteroatoms. The Balaban J connectivity index is 1.45. The van der Waals surface area contributed by atoms with E-state index in [0.717, 1.165) is 28.2 Å².